The smallest absolute Gasteiger partial charge is 0.252 e. The first-order valence-electron chi connectivity index (χ1n) is 10.4. The molecule has 30 heavy (non-hydrogen) atoms. The van der Waals surface area contributed by atoms with Gasteiger partial charge in [-0.2, -0.15) is 0 Å². The van der Waals surface area contributed by atoms with E-state index in [4.69, 9.17) is 4.98 Å². The number of hydrogen-bond acceptors (Lipinski definition) is 2. The summed E-state index contributed by atoms with van der Waals surface area (Å²) in [5.41, 5.74) is 5.82. The minimum atomic E-state index is -0.0451. The van der Waals surface area contributed by atoms with Gasteiger partial charge in [-0.3, -0.25) is 9.78 Å². The molecule has 3 nitrogen and oxygen atoms in total. The van der Waals surface area contributed by atoms with Gasteiger partial charge in [0.1, 0.15) is 0 Å². The van der Waals surface area contributed by atoms with Crippen LogP contribution < -0.4 is 5.32 Å². The predicted molar refractivity (Wildman–Crippen MR) is 124 cm³/mol. The van der Waals surface area contributed by atoms with Crippen LogP contribution in [0.15, 0.2) is 84.9 Å². The van der Waals surface area contributed by atoms with E-state index in [0.29, 0.717) is 5.56 Å². The highest BCUT2D eigenvalue weighted by Crippen LogP contribution is 2.29. The average Bonchev–Trinajstić information content (AvgIpc) is 2.78. The molecule has 0 aliphatic rings. The summed E-state index contributed by atoms with van der Waals surface area (Å²) >= 11 is 0. The highest BCUT2D eigenvalue weighted by atomic mass is 16.1. The molecule has 1 amide bonds. The second-order valence-corrected chi connectivity index (χ2v) is 7.78. The van der Waals surface area contributed by atoms with Crippen LogP contribution in [0, 0.1) is 6.92 Å². The molecule has 1 aromatic heterocycles. The third-order valence-electron chi connectivity index (χ3n) is 5.38. The Morgan fingerprint density at radius 2 is 1.63 bits per heavy atom. The number of carbonyl (C=O) groups is 1. The third-order valence-corrected chi connectivity index (χ3v) is 5.38. The van der Waals surface area contributed by atoms with E-state index in [0.717, 1.165) is 40.6 Å². The van der Waals surface area contributed by atoms with Crippen molar-refractivity contribution in [3.63, 3.8) is 0 Å². The molecule has 1 N–H and O–H groups in total. The Morgan fingerprint density at radius 3 is 2.37 bits per heavy atom. The molecule has 0 aliphatic carbocycles. The molecule has 0 saturated heterocycles. The summed E-state index contributed by atoms with van der Waals surface area (Å²) in [7, 11) is 0. The van der Waals surface area contributed by atoms with Crippen LogP contribution in [0.2, 0.25) is 0 Å². The van der Waals surface area contributed by atoms with Crippen molar-refractivity contribution >= 4 is 16.8 Å². The molecule has 0 saturated carbocycles. The van der Waals surface area contributed by atoms with Crippen LogP contribution >= 0.6 is 0 Å². The SMILES string of the molecule is Cc1cc(C(=O)N[C@H](C)CCc2ccccc2)c2cccc(-c3ccccc3)c2n1. The lowest BCUT2D eigenvalue weighted by atomic mass is 9.98. The number of nitrogens with zero attached hydrogens (tertiary/aromatic N) is 1. The summed E-state index contributed by atoms with van der Waals surface area (Å²) in [4.78, 5) is 17.9. The molecule has 3 heteroatoms. The van der Waals surface area contributed by atoms with E-state index in [1.165, 1.54) is 5.56 Å². The summed E-state index contributed by atoms with van der Waals surface area (Å²) in [6.45, 7) is 4.00. The first-order valence-corrected chi connectivity index (χ1v) is 10.4. The van der Waals surface area contributed by atoms with E-state index in [1.807, 2.05) is 49.4 Å². The zero-order chi connectivity index (χ0) is 20.9. The second kappa shape index (κ2) is 8.91. The van der Waals surface area contributed by atoms with Crippen molar-refractivity contribution < 1.29 is 4.79 Å². The number of aromatic nitrogens is 1. The average molecular weight is 395 g/mol. The molecule has 3 aromatic carbocycles. The van der Waals surface area contributed by atoms with Crippen LogP contribution in [-0.2, 0) is 6.42 Å². The summed E-state index contributed by atoms with van der Waals surface area (Å²) < 4.78 is 0. The fourth-order valence-corrected chi connectivity index (χ4v) is 3.82. The molecule has 1 atom stereocenters. The van der Waals surface area contributed by atoms with E-state index in [1.54, 1.807) is 0 Å². The van der Waals surface area contributed by atoms with Crippen molar-refractivity contribution in [3.05, 3.63) is 102 Å². The number of para-hydroxylation sites is 1. The minimum Gasteiger partial charge on any atom is -0.350 e. The molecule has 4 aromatic rings. The first kappa shape index (κ1) is 19.8. The molecule has 1 heterocycles. The Hall–Kier alpha value is -3.46. The van der Waals surface area contributed by atoms with Gasteiger partial charge in [0.2, 0.25) is 0 Å². The van der Waals surface area contributed by atoms with Crippen molar-refractivity contribution in [2.75, 3.05) is 0 Å². The Balaban J connectivity index is 1.60. The van der Waals surface area contributed by atoms with E-state index < -0.39 is 0 Å². The molecule has 0 unspecified atom stereocenters. The van der Waals surface area contributed by atoms with Crippen molar-refractivity contribution in [1.29, 1.82) is 0 Å². The lowest BCUT2D eigenvalue weighted by Crippen LogP contribution is -2.33. The van der Waals surface area contributed by atoms with E-state index in [9.17, 15) is 4.79 Å². The molecular formula is C27H26N2O. The van der Waals surface area contributed by atoms with Gasteiger partial charge in [0.25, 0.3) is 5.91 Å². The maximum Gasteiger partial charge on any atom is 0.252 e. The number of amides is 1. The molecule has 0 radical (unpaired) electrons. The number of pyridine rings is 1. The summed E-state index contributed by atoms with van der Waals surface area (Å²) in [6, 6.07) is 28.6. The second-order valence-electron chi connectivity index (χ2n) is 7.78. The first-order chi connectivity index (χ1) is 14.6. The van der Waals surface area contributed by atoms with Crippen LogP contribution in [-0.4, -0.2) is 16.9 Å². The zero-order valence-corrected chi connectivity index (χ0v) is 17.4. The van der Waals surface area contributed by atoms with Crippen LogP contribution in [0.5, 0.6) is 0 Å². The number of nitrogens with one attached hydrogen (secondary N) is 1. The number of rotatable bonds is 6. The van der Waals surface area contributed by atoms with Gasteiger partial charge in [-0.05, 0) is 43.9 Å². The van der Waals surface area contributed by atoms with Crippen molar-refractivity contribution in [2.24, 2.45) is 0 Å². The number of fused-ring (bicyclic) bond motifs is 1. The van der Waals surface area contributed by atoms with Gasteiger partial charge < -0.3 is 5.32 Å². The van der Waals surface area contributed by atoms with Gasteiger partial charge in [-0.25, -0.2) is 0 Å². The maximum atomic E-state index is 13.1. The quantitative estimate of drug-likeness (QED) is 0.438. The number of hydrogen-bond donors (Lipinski definition) is 1. The number of benzene rings is 3. The van der Waals surface area contributed by atoms with Gasteiger partial charge in [-0.15, -0.1) is 0 Å². The van der Waals surface area contributed by atoms with Gasteiger partial charge in [-0.1, -0.05) is 78.9 Å². The molecule has 4 rings (SSSR count). The normalized spacial score (nSPS) is 11.9. The zero-order valence-electron chi connectivity index (χ0n) is 17.4. The standard InChI is InChI=1S/C27H26N2O/c1-19(16-17-21-10-5-3-6-11-21)29-27(30)25-18-20(2)28-26-23(14-9-15-24(25)26)22-12-7-4-8-13-22/h3-15,18-19H,16-17H2,1-2H3,(H,29,30)/t19-/m1/s1. The number of aryl methyl sites for hydroxylation is 2. The van der Waals surface area contributed by atoms with Gasteiger partial charge >= 0.3 is 0 Å². The topological polar surface area (TPSA) is 42.0 Å². The van der Waals surface area contributed by atoms with Gasteiger partial charge in [0.05, 0.1) is 11.1 Å². The van der Waals surface area contributed by atoms with Crippen molar-refractivity contribution in [3.8, 4) is 11.1 Å². The maximum absolute atomic E-state index is 13.1. The Labute approximate surface area is 177 Å². The Bertz CT molecular complexity index is 1150. The lowest BCUT2D eigenvalue weighted by Gasteiger charge is -2.16. The Kier molecular flexibility index (Phi) is 5.89. The molecule has 0 fully saturated rings. The molecule has 0 spiro atoms. The fraction of sp³-hybridized carbons (Fsp3) is 0.185. The largest absolute Gasteiger partial charge is 0.350 e. The summed E-state index contributed by atoms with van der Waals surface area (Å²) in [6.07, 6.45) is 1.84. The molecule has 0 aliphatic heterocycles. The van der Waals surface area contributed by atoms with E-state index in [-0.39, 0.29) is 11.9 Å². The van der Waals surface area contributed by atoms with Crippen LogP contribution in [0.4, 0.5) is 0 Å². The monoisotopic (exact) mass is 394 g/mol. The lowest BCUT2D eigenvalue weighted by molar-refractivity contribution is 0.0940. The molecule has 0 bridgehead atoms. The van der Waals surface area contributed by atoms with E-state index >= 15 is 0 Å². The van der Waals surface area contributed by atoms with Crippen molar-refractivity contribution in [2.45, 2.75) is 32.7 Å². The highest BCUT2D eigenvalue weighted by molar-refractivity contribution is 6.09. The Morgan fingerprint density at radius 1 is 0.933 bits per heavy atom. The van der Waals surface area contributed by atoms with Gasteiger partial charge in [0.15, 0.2) is 0 Å². The van der Waals surface area contributed by atoms with Crippen LogP contribution in [0.25, 0.3) is 22.0 Å². The third kappa shape index (κ3) is 4.41. The van der Waals surface area contributed by atoms with Crippen molar-refractivity contribution in [1.82, 2.24) is 10.3 Å². The predicted octanol–water partition coefficient (Wildman–Crippen LogP) is 5.96. The minimum absolute atomic E-state index is 0.0451. The van der Waals surface area contributed by atoms with Crippen LogP contribution in [0.3, 0.4) is 0 Å². The summed E-state index contributed by atoms with van der Waals surface area (Å²) in [5, 5.41) is 4.06. The fourth-order valence-electron chi connectivity index (χ4n) is 3.82. The summed E-state index contributed by atoms with van der Waals surface area (Å²) in [5.74, 6) is -0.0451. The number of carbonyl (C=O) groups excluding carboxylic acids is 1. The highest BCUT2D eigenvalue weighted by Gasteiger charge is 2.16. The van der Waals surface area contributed by atoms with Crippen LogP contribution in [0.1, 0.15) is 35.0 Å². The molecular weight excluding hydrogens is 368 g/mol. The van der Waals surface area contributed by atoms with Gasteiger partial charge in [0, 0.05) is 22.7 Å². The van der Waals surface area contributed by atoms with E-state index in [2.05, 4.69) is 54.7 Å². The molecule has 150 valence electrons.